The van der Waals surface area contributed by atoms with Crippen LogP contribution in [0.5, 0.6) is 0 Å². The fraction of sp³-hybridized carbons (Fsp3) is 0.467. The zero-order chi connectivity index (χ0) is 14.7. The number of aldehydes is 1. The average molecular weight is 263 g/mol. The number of carbonyl (C=O) groups excluding carboxylic acids is 2. The molecule has 1 atom stereocenters. The highest BCUT2D eigenvalue weighted by molar-refractivity contribution is 5.77. The molecule has 0 fully saturated rings. The normalized spacial score (nSPS) is 14.4. The monoisotopic (exact) mass is 263 g/mol. The number of rotatable bonds is 3. The van der Waals surface area contributed by atoms with Gasteiger partial charge < -0.3 is 14.8 Å². The number of alkyl carbamates (subject to hydrolysis) is 1. The van der Waals surface area contributed by atoms with Crippen molar-refractivity contribution in [2.75, 3.05) is 0 Å². The SMILES string of the molecule is Cc1cccc(C(C)(C=O)NC(=O)OC(C)(C)C)c1. The molecule has 0 radical (unpaired) electrons. The predicted octanol–water partition coefficient (Wildman–Crippen LogP) is 2.93. The highest BCUT2D eigenvalue weighted by atomic mass is 16.6. The molecule has 1 unspecified atom stereocenters. The molecular weight excluding hydrogens is 242 g/mol. The molecular formula is C15H21NO3. The van der Waals surface area contributed by atoms with E-state index in [0.29, 0.717) is 6.29 Å². The van der Waals surface area contributed by atoms with Crippen LogP contribution in [0.1, 0.15) is 38.8 Å². The lowest BCUT2D eigenvalue weighted by molar-refractivity contribution is -0.113. The standard InChI is InChI=1S/C15H21NO3/c1-11-7-6-8-12(9-11)15(5,10-17)16-13(18)19-14(2,3)4/h6-10H,1-5H3,(H,16,18). The second-order valence-corrected chi connectivity index (χ2v) is 5.82. The van der Waals surface area contributed by atoms with Gasteiger partial charge in [-0.1, -0.05) is 29.8 Å². The number of carbonyl (C=O) groups is 2. The number of aryl methyl sites for hydroxylation is 1. The second kappa shape index (κ2) is 5.43. The van der Waals surface area contributed by atoms with Gasteiger partial charge in [-0.05, 0) is 40.2 Å². The summed E-state index contributed by atoms with van der Waals surface area (Å²) < 4.78 is 5.18. The summed E-state index contributed by atoms with van der Waals surface area (Å²) in [6.45, 7) is 8.91. The van der Waals surface area contributed by atoms with Gasteiger partial charge in [-0.3, -0.25) is 0 Å². The van der Waals surface area contributed by atoms with Crippen LogP contribution in [-0.2, 0) is 15.1 Å². The molecule has 104 valence electrons. The molecule has 19 heavy (non-hydrogen) atoms. The van der Waals surface area contributed by atoms with Crippen molar-refractivity contribution in [1.82, 2.24) is 5.32 Å². The Bertz CT molecular complexity index is 477. The van der Waals surface area contributed by atoms with E-state index in [0.717, 1.165) is 11.1 Å². The van der Waals surface area contributed by atoms with Gasteiger partial charge in [0.1, 0.15) is 17.4 Å². The highest BCUT2D eigenvalue weighted by Gasteiger charge is 2.30. The fourth-order valence-corrected chi connectivity index (χ4v) is 1.65. The van der Waals surface area contributed by atoms with Crippen LogP contribution in [0, 0.1) is 6.92 Å². The Balaban J connectivity index is 2.93. The van der Waals surface area contributed by atoms with E-state index in [1.54, 1.807) is 33.8 Å². The maximum atomic E-state index is 11.8. The van der Waals surface area contributed by atoms with E-state index in [2.05, 4.69) is 5.32 Å². The van der Waals surface area contributed by atoms with Crippen LogP contribution in [0.3, 0.4) is 0 Å². The van der Waals surface area contributed by atoms with Crippen LogP contribution in [0.4, 0.5) is 4.79 Å². The molecule has 4 nitrogen and oxygen atoms in total. The van der Waals surface area contributed by atoms with Gasteiger partial charge in [0.05, 0.1) is 0 Å². The Hall–Kier alpha value is -1.84. The van der Waals surface area contributed by atoms with Gasteiger partial charge in [0.15, 0.2) is 0 Å². The molecule has 0 heterocycles. The maximum absolute atomic E-state index is 11.8. The molecule has 1 amide bonds. The van der Waals surface area contributed by atoms with Gasteiger partial charge in [-0.2, -0.15) is 0 Å². The summed E-state index contributed by atoms with van der Waals surface area (Å²) in [6, 6.07) is 7.45. The van der Waals surface area contributed by atoms with Crippen molar-refractivity contribution >= 4 is 12.4 Å². The number of nitrogens with one attached hydrogen (secondary N) is 1. The first-order chi connectivity index (χ1) is 8.66. The van der Waals surface area contributed by atoms with Crippen LogP contribution in [0.25, 0.3) is 0 Å². The molecule has 1 aromatic rings. The Morgan fingerprint density at radius 2 is 1.89 bits per heavy atom. The van der Waals surface area contributed by atoms with Crippen molar-refractivity contribution in [3.8, 4) is 0 Å². The summed E-state index contributed by atoms with van der Waals surface area (Å²) >= 11 is 0. The molecule has 0 aliphatic rings. The highest BCUT2D eigenvalue weighted by Crippen LogP contribution is 2.20. The minimum absolute atomic E-state index is 0.597. The maximum Gasteiger partial charge on any atom is 0.408 e. The molecule has 0 aromatic heterocycles. The van der Waals surface area contributed by atoms with E-state index in [-0.39, 0.29) is 0 Å². The lowest BCUT2D eigenvalue weighted by atomic mass is 9.92. The third-order valence-electron chi connectivity index (χ3n) is 2.61. The van der Waals surface area contributed by atoms with Crippen molar-refractivity contribution in [3.63, 3.8) is 0 Å². The molecule has 0 spiro atoms. The number of ether oxygens (including phenoxy) is 1. The lowest BCUT2D eigenvalue weighted by Gasteiger charge is -2.28. The topological polar surface area (TPSA) is 55.4 Å². The van der Waals surface area contributed by atoms with Crippen LogP contribution in [-0.4, -0.2) is 18.0 Å². The average Bonchev–Trinajstić information content (AvgIpc) is 2.26. The third kappa shape index (κ3) is 4.39. The molecule has 1 N–H and O–H groups in total. The van der Waals surface area contributed by atoms with E-state index in [9.17, 15) is 9.59 Å². The summed E-state index contributed by atoms with van der Waals surface area (Å²) in [7, 11) is 0. The minimum Gasteiger partial charge on any atom is -0.444 e. The van der Waals surface area contributed by atoms with E-state index < -0.39 is 17.2 Å². The van der Waals surface area contributed by atoms with E-state index >= 15 is 0 Å². The summed E-state index contributed by atoms with van der Waals surface area (Å²) in [5.41, 5.74) is 0.0689. The Morgan fingerprint density at radius 3 is 2.37 bits per heavy atom. The summed E-state index contributed by atoms with van der Waals surface area (Å²) in [6.07, 6.45) is 0.106. The number of hydrogen-bond donors (Lipinski definition) is 1. The first-order valence-corrected chi connectivity index (χ1v) is 6.21. The molecule has 4 heteroatoms. The zero-order valence-corrected chi connectivity index (χ0v) is 12.1. The molecule has 0 bridgehead atoms. The van der Waals surface area contributed by atoms with E-state index in [1.165, 1.54) is 0 Å². The Morgan fingerprint density at radius 1 is 1.26 bits per heavy atom. The lowest BCUT2D eigenvalue weighted by Crippen LogP contribution is -2.46. The molecule has 0 saturated heterocycles. The van der Waals surface area contributed by atoms with Crippen molar-refractivity contribution in [3.05, 3.63) is 35.4 Å². The first kappa shape index (κ1) is 15.2. The van der Waals surface area contributed by atoms with Crippen molar-refractivity contribution in [2.24, 2.45) is 0 Å². The molecule has 1 aromatic carbocycles. The van der Waals surface area contributed by atoms with Crippen molar-refractivity contribution in [2.45, 2.75) is 45.8 Å². The predicted molar refractivity (Wildman–Crippen MR) is 74.0 cm³/mol. The van der Waals surface area contributed by atoms with Crippen LogP contribution in [0.15, 0.2) is 24.3 Å². The number of hydrogen-bond acceptors (Lipinski definition) is 3. The van der Waals surface area contributed by atoms with Gasteiger partial charge >= 0.3 is 6.09 Å². The van der Waals surface area contributed by atoms with Gasteiger partial charge in [-0.15, -0.1) is 0 Å². The first-order valence-electron chi connectivity index (χ1n) is 6.21. The fourth-order valence-electron chi connectivity index (χ4n) is 1.65. The molecule has 0 saturated carbocycles. The van der Waals surface area contributed by atoms with Crippen molar-refractivity contribution < 1.29 is 14.3 Å². The summed E-state index contributed by atoms with van der Waals surface area (Å²) in [5, 5.41) is 2.61. The van der Waals surface area contributed by atoms with E-state index in [4.69, 9.17) is 4.74 Å². The number of benzene rings is 1. The van der Waals surface area contributed by atoms with Gasteiger partial charge in [-0.25, -0.2) is 4.79 Å². The second-order valence-electron chi connectivity index (χ2n) is 5.82. The van der Waals surface area contributed by atoms with Crippen LogP contribution >= 0.6 is 0 Å². The summed E-state index contributed by atoms with van der Waals surface area (Å²) in [4.78, 5) is 23.2. The Labute approximate surface area is 114 Å². The van der Waals surface area contributed by atoms with Gasteiger partial charge in [0.25, 0.3) is 0 Å². The smallest absolute Gasteiger partial charge is 0.408 e. The molecule has 0 aliphatic heterocycles. The van der Waals surface area contributed by atoms with Crippen LogP contribution in [0.2, 0.25) is 0 Å². The number of amides is 1. The molecule has 1 rings (SSSR count). The van der Waals surface area contributed by atoms with Crippen molar-refractivity contribution in [1.29, 1.82) is 0 Å². The quantitative estimate of drug-likeness (QED) is 0.853. The largest absolute Gasteiger partial charge is 0.444 e. The summed E-state index contributed by atoms with van der Waals surface area (Å²) in [5.74, 6) is 0. The minimum atomic E-state index is -1.09. The third-order valence-corrected chi connectivity index (χ3v) is 2.61. The molecule has 0 aliphatic carbocycles. The van der Waals surface area contributed by atoms with Gasteiger partial charge in [0, 0.05) is 0 Å². The zero-order valence-electron chi connectivity index (χ0n) is 12.1. The Kier molecular flexibility index (Phi) is 4.35. The van der Waals surface area contributed by atoms with E-state index in [1.807, 2.05) is 25.1 Å². The van der Waals surface area contributed by atoms with Crippen LogP contribution < -0.4 is 5.32 Å². The van der Waals surface area contributed by atoms with Gasteiger partial charge in [0.2, 0.25) is 0 Å².